The third-order valence-corrected chi connectivity index (χ3v) is 20.4. The van der Waals surface area contributed by atoms with Crippen LogP contribution >= 0.6 is 23.2 Å². The van der Waals surface area contributed by atoms with E-state index in [4.69, 9.17) is 34.8 Å². The molecule has 0 atom stereocenters. The fraction of sp³-hybridized carbons (Fsp3) is 0.151. The molecule has 0 aliphatic rings. The van der Waals surface area contributed by atoms with Gasteiger partial charge in [0.1, 0.15) is 11.5 Å². The first-order chi connectivity index (χ1) is 60.1. The van der Waals surface area contributed by atoms with Gasteiger partial charge in [0.15, 0.2) is 0 Å². The molecule has 0 amide bonds. The fourth-order valence-electron chi connectivity index (χ4n) is 14.2. The van der Waals surface area contributed by atoms with Crippen molar-refractivity contribution in [3.05, 3.63) is 390 Å². The second kappa shape index (κ2) is 31.5. The van der Waals surface area contributed by atoms with Crippen LogP contribution in [0.4, 0.5) is 51.2 Å². The third-order valence-electron chi connectivity index (χ3n) is 20.1. The van der Waals surface area contributed by atoms with E-state index >= 15 is 0 Å². The van der Waals surface area contributed by atoms with Gasteiger partial charge in [-0.05, 0) is 197 Å². The van der Waals surface area contributed by atoms with Crippen molar-refractivity contribution in [2.24, 2.45) is 0 Å². The van der Waals surface area contributed by atoms with Crippen LogP contribution in [0.15, 0.2) is 358 Å². The summed E-state index contributed by atoms with van der Waals surface area (Å²) in [4.78, 5) is 5.70. The topological polar surface area (TPSA) is 19.0 Å². The predicted molar refractivity (Wildman–Crippen MR) is 480 cm³/mol. The standard InChI is InChI=1S/C106H95Cl2N3O/c1-103(2,3)80-58-88(109(86-52-34-50-84(107)66-86)100-94(74-38-22-14-23-39-74)60-81(104(4,5)6)61-95(100)75-40-24-15-25-41-75)68-89(59-80)111(102-98(78-46-30-18-31-47-78)64-83(106(10,11)12)65-99(102)79-48-32-19-33-49-79)91-69-90(70-93(71-91)112-92-56-54-73(55-57-92)72-36-20-13-21-37-72)110(87-53-35-51-85(108)67-87)101-96(76-42-26-16-27-43-76)62-82(105(7,8)9)63-97(101)77-44-28-17-29-45-77/h13-71H,1-12H3/i13D,20D,21D,34D,35D,36D,37D,50D,51D,54D,55D,56D,66D,67D,69D. The molecule has 0 unspecified atom stereocenters. The summed E-state index contributed by atoms with van der Waals surface area (Å²) < 4.78 is 152. The lowest BCUT2D eigenvalue weighted by atomic mass is 9.81. The van der Waals surface area contributed by atoms with Crippen LogP contribution < -0.4 is 19.4 Å². The molecule has 0 aliphatic carbocycles. The number of hydrogen-bond acceptors (Lipinski definition) is 4. The molecule has 15 rings (SSSR count). The van der Waals surface area contributed by atoms with E-state index in [-0.39, 0.29) is 74.8 Å². The summed E-state index contributed by atoms with van der Waals surface area (Å²) in [5.74, 6) is -0.531. The lowest BCUT2D eigenvalue weighted by Crippen LogP contribution is -2.20. The van der Waals surface area contributed by atoms with Crippen LogP contribution in [0.2, 0.25) is 10.0 Å². The molecule has 0 N–H and O–H groups in total. The second-order valence-electron chi connectivity index (χ2n) is 32.1. The van der Waals surface area contributed by atoms with E-state index in [2.05, 4.69) is 132 Å². The lowest BCUT2D eigenvalue weighted by Gasteiger charge is -2.37. The SMILES string of the molecule is [2H]c1cc(N(c2cc(N(c3cc(Oc4cc([2H])c(-c5c([2H])c([2H])c([2H])c([2H])c5[2H])c([2H])c4[2H])cc(N(c4cc([2H])c([2H])c(Cl)c4[2H])c4c(-c5ccccc5)cc(C(C)(C)C)cc4-c4ccccc4)c3[2H])c3c(-c4ccccc4)cc(C(C)(C)C)cc3-c3ccccc3)cc(C(C)(C)C)c2)c2c(-c3ccccc3)cc(C(C)(C)C)cc2-c2ccccc2)c([2H])c(Cl)c1[2H]. The molecule has 0 bridgehead atoms. The summed E-state index contributed by atoms with van der Waals surface area (Å²) in [6.45, 7) is 25.6. The van der Waals surface area contributed by atoms with Crippen molar-refractivity contribution in [3.63, 3.8) is 0 Å². The van der Waals surface area contributed by atoms with E-state index in [0.717, 1.165) is 56.1 Å². The minimum atomic E-state index is -0.802. The molecular formula is C106H95Cl2N3O. The van der Waals surface area contributed by atoms with Crippen molar-refractivity contribution < 1.29 is 25.3 Å². The van der Waals surface area contributed by atoms with Crippen molar-refractivity contribution >= 4 is 74.4 Å². The maximum atomic E-state index is 12.1. The first-order valence-electron chi connectivity index (χ1n) is 45.1. The summed E-state index contributed by atoms with van der Waals surface area (Å²) in [7, 11) is 0. The molecule has 0 spiro atoms. The maximum absolute atomic E-state index is 12.1. The maximum Gasteiger partial charge on any atom is 0.131 e. The summed E-state index contributed by atoms with van der Waals surface area (Å²) in [6.07, 6.45) is 0. The lowest BCUT2D eigenvalue weighted by molar-refractivity contribution is 0.483. The van der Waals surface area contributed by atoms with Gasteiger partial charge < -0.3 is 19.4 Å². The zero-order chi connectivity index (χ0) is 91.1. The predicted octanol–water partition coefficient (Wildman–Crippen LogP) is 32.1. The molecule has 0 saturated carbocycles. The fourth-order valence-corrected chi connectivity index (χ4v) is 14.5. The van der Waals surface area contributed by atoms with Gasteiger partial charge in [0.25, 0.3) is 0 Å². The number of halogens is 2. The molecule has 0 heterocycles. The summed E-state index contributed by atoms with van der Waals surface area (Å²) >= 11 is 14.7. The van der Waals surface area contributed by atoms with Crippen LogP contribution in [0.5, 0.6) is 11.5 Å². The second-order valence-corrected chi connectivity index (χ2v) is 32.9. The van der Waals surface area contributed by atoms with Gasteiger partial charge >= 0.3 is 0 Å². The van der Waals surface area contributed by atoms with Gasteiger partial charge in [0.2, 0.25) is 0 Å². The first kappa shape index (κ1) is 59.0. The Morgan fingerprint density at radius 2 is 0.536 bits per heavy atom. The van der Waals surface area contributed by atoms with Crippen LogP contribution in [-0.2, 0) is 21.7 Å². The first-order valence-corrected chi connectivity index (χ1v) is 38.4. The molecule has 4 nitrogen and oxygen atoms in total. The Hall–Kier alpha value is -11.9. The highest BCUT2D eigenvalue weighted by molar-refractivity contribution is 6.31. The van der Waals surface area contributed by atoms with Crippen molar-refractivity contribution in [2.75, 3.05) is 14.7 Å². The summed E-state index contributed by atoms with van der Waals surface area (Å²) in [5.41, 5.74) is 11.3. The molecule has 0 radical (unpaired) electrons. The average Bonchev–Trinajstić information content (AvgIpc) is 0.722. The van der Waals surface area contributed by atoms with Crippen LogP contribution in [0.25, 0.3) is 77.9 Å². The Balaban J connectivity index is 1.20. The van der Waals surface area contributed by atoms with Crippen molar-refractivity contribution in [3.8, 4) is 89.4 Å². The zero-order valence-corrected chi connectivity index (χ0v) is 66.4. The van der Waals surface area contributed by atoms with E-state index in [1.807, 2.05) is 198 Å². The molecule has 112 heavy (non-hydrogen) atoms. The highest BCUT2D eigenvalue weighted by atomic mass is 35.5. The van der Waals surface area contributed by atoms with Crippen molar-refractivity contribution in [1.29, 1.82) is 0 Å². The normalized spacial score (nSPS) is 13.7. The monoisotopic (exact) mass is 1510 g/mol. The molecule has 6 heteroatoms. The minimum Gasteiger partial charge on any atom is -0.457 e. The summed E-state index contributed by atoms with van der Waals surface area (Å²) in [6, 6.07) is 77.9. The Bertz CT molecular complexity index is 6590. The van der Waals surface area contributed by atoms with E-state index in [1.165, 1.54) is 12.1 Å². The summed E-state index contributed by atoms with van der Waals surface area (Å²) in [5, 5.41) is -0.630. The minimum absolute atomic E-state index is 0.0369. The van der Waals surface area contributed by atoms with Gasteiger partial charge in [0.05, 0.1) is 49.0 Å². The largest absolute Gasteiger partial charge is 0.457 e. The van der Waals surface area contributed by atoms with Gasteiger partial charge in [-0.1, -0.05) is 343 Å². The van der Waals surface area contributed by atoms with Crippen LogP contribution in [0.3, 0.4) is 0 Å². The molecule has 0 saturated heterocycles. The van der Waals surface area contributed by atoms with Gasteiger partial charge in [-0.25, -0.2) is 0 Å². The van der Waals surface area contributed by atoms with E-state index in [0.29, 0.717) is 67.4 Å². The number of nitrogens with zero attached hydrogens (tertiary/aromatic N) is 3. The number of rotatable bonds is 18. The number of benzene rings is 15. The molecule has 15 aromatic rings. The van der Waals surface area contributed by atoms with Crippen LogP contribution in [0.1, 0.15) is 126 Å². The smallest absolute Gasteiger partial charge is 0.131 e. The molecule has 0 aromatic heterocycles. The van der Waals surface area contributed by atoms with E-state index in [9.17, 15) is 13.7 Å². The Morgan fingerprint density at radius 3 is 0.857 bits per heavy atom. The molecule has 0 fully saturated rings. The molecule has 15 aromatic carbocycles. The highest BCUT2D eigenvalue weighted by Crippen LogP contribution is 2.57. The number of hydrogen-bond donors (Lipinski definition) is 0. The van der Waals surface area contributed by atoms with E-state index < -0.39 is 92.9 Å². The van der Waals surface area contributed by atoms with Gasteiger partial charge in [-0.2, -0.15) is 0 Å². The Morgan fingerprint density at radius 1 is 0.241 bits per heavy atom. The number of anilines is 9. The molecule has 0 aliphatic heterocycles. The Labute approximate surface area is 694 Å². The zero-order valence-electron chi connectivity index (χ0n) is 79.9. The molecular weight excluding hydrogens is 1400 g/mol. The van der Waals surface area contributed by atoms with E-state index in [1.54, 1.807) is 17.0 Å². The van der Waals surface area contributed by atoms with Gasteiger partial charge in [-0.3, -0.25) is 0 Å². The van der Waals surface area contributed by atoms with Crippen LogP contribution in [0, 0.1) is 0 Å². The average molecular weight is 1510 g/mol. The quantitative estimate of drug-likeness (QED) is 0.0852. The van der Waals surface area contributed by atoms with Gasteiger partial charge in [-0.15, -0.1) is 0 Å². The molecule has 554 valence electrons. The Kier molecular flexibility index (Phi) is 16.6. The third kappa shape index (κ3) is 16.3. The number of ether oxygens (including phenoxy) is 1. The van der Waals surface area contributed by atoms with Crippen LogP contribution in [-0.4, -0.2) is 0 Å². The van der Waals surface area contributed by atoms with Crippen molar-refractivity contribution in [1.82, 2.24) is 0 Å². The highest BCUT2D eigenvalue weighted by Gasteiger charge is 2.34. The van der Waals surface area contributed by atoms with Gasteiger partial charge in [0, 0.05) is 78.3 Å². The van der Waals surface area contributed by atoms with Crippen molar-refractivity contribution in [2.45, 2.75) is 105 Å².